The Morgan fingerprint density at radius 3 is 1.45 bits per heavy atom. The summed E-state index contributed by atoms with van der Waals surface area (Å²) in [6.45, 7) is 4.42. The fourth-order valence-corrected chi connectivity index (χ4v) is 4.80. The summed E-state index contributed by atoms with van der Waals surface area (Å²) in [5.74, 6) is 14.0. The van der Waals surface area contributed by atoms with Crippen LogP contribution in [0.1, 0.15) is 99.7 Å². The van der Waals surface area contributed by atoms with Gasteiger partial charge in [-0.3, -0.25) is 0 Å². The van der Waals surface area contributed by atoms with Crippen molar-refractivity contribution in [3.05, 3.63) is 59.7 Å². The number of para-hydroxylation sites is 2. The molecule has 2 nitrogen and oxygen atoms in total. The van der Waals surface area contributed by atoms with Gasteiger partial charge in [0.05, 0.1) is 10.5 Å². The van der Waals surface area contributed by atoms with Crippen LogP contribution in [0, 0.1) is 23.7 Å². The molecular weight excluding hydrogens is 424 g/mol. The van der Waals surface area contributed by atoms with Crippen molar-refractivity contribution in [3.8, 4) is 35.2 Å². The lowest BCUT2D eigenvalue weighted by Gasteiger charge is -2.18. The van der Waals surface area contributed by atoms with E-state index in [-0.39, 0.29) is 22.0 Å². The van der Waals surface area contributed by atoms with E-state index in [0.29, 0.717) is 0 Å². The van der Waals surface area contributed by atoms with Gasteiger partial charge in [0.15, 0.2) is 0 Å². The number of thioether (sulfide) groups is 1. The molecule has 0 bridgehead atoms. The topological polar surface area (TPSA) is 40.5 Å². The smallest absolute Gasteiger partial charge is 0.120 e. The highest BCUT2D eigenvalue weighted by molar-refractivity contribution is 8.00. The second kappa shape index (κ2) is 16.2. The van der Waals surface area contributed by atoms with Crippen LogP contribution in [0.2, 0.25) is 0 Å². The van der Waals surface area contributed by atoms with Crippen LogP contribution in [0.15, 0.2) is 48.5 Å². The molecule has 2 atom stereocenters. The van der Waals surface area contributed by atoms with Gasteiger partial charge in [-0.05, 0) is 25.0 Å². The Balaban J connectivity index is 2.26. The highest BCUT2D eigenvalue weighted by atomic mass is 32.2. The van der Waals surface area contributed by atoms with Gasteiger partial charge in [-0.1, -0.05) is 101 Å². The van der Waals surface area contributed by atoms with Crippen molar-refractivity contribution >= 4 is 11.8 Å². The van der Waals surface area contributed by atoms with Gasteiger partial charge in [-0.25, -0.2) is 0 Å². The fraction of sp³-hybridized carbons (Fsp3) is 0.467. The molecule has 33 heavy (non-hydrogen) atoms. The van der Waals surface area contributed by atoms with Gasteiger partial charge in [0.1, 0.15) is 11.5 Å². The maximum Gasteiger partial charge on any atom is 0.120 e. The van der Waals surface area contributed by atoms with E-state index in [0.717, 1.165) is 36.8 Å². The quantitative estimate of drug-likeness (QED) is 0.245. The molecule has 0 fully saturated rings. The monoisotopic (exact) mass is 462 g/mol. The summed E-state index contributed by atoms with van der Waals surface area (Å²) in [7, 11) is 0. The number of hydrogen-bond donors (Lipinski definition) is 2. The molecule has 2 aromatic carbocycles. The van der Waals surface area contributed by atoms with E-state index < -0.39 is 0 Å². The Bertz CT molecular complexity index is 867. The first-order chi connectivity index (χ1) is 16.2. The van der Waals surface area contributed by atoms with E-state index in [4.69, 9.17) is 0 Å². The average Bonchev–Trinajstić information content (AvgIpc) is 2.82. The molecule has 0 saturated carbocycles. The largest absolute Gasteiger partial charge is 0.508 e. The first-order valence-corrected chi connectivity index (χ1v) is 13.3. The van der Waals surface area contributed by atoms with Crippen molar-refractivity contribution in [3.63, 3.8) is 0 Å². The lowest BCUT2D eigenvalue weighted by atomic mass is 10.1. The van der Waals surface area contributed by atoms with Gasteiger partial charge >= 0.3 is 0 Å². The Morgan fingerprint density at radius 1 is 0.636 bits per heavy atom. The van der Waals surface area contributed by atoms with E-state index in [1.54, 1.807) is 23.9 Å². The SMILES string of the molecule is CCCCCCC#CC(SC(C#CCCCCCC)c1ccccc1O)c1ccccc1O. The minimum atomic E-state index is -0.226. The van der Waals surface area contributed by atoms with Crippen molar-refractivity contribution in [2.24, 2.45) is 0 Å². The molecule has 0 spiro atoms. The molecule has 2 unspecified atom stereocenters. The zero-order chi connectivity index (χ0) is 23.7. The van der Waals surface area contributed by atoms with Crippen molar-refractivity contribution < 1.29 is 10.2 Å². The van der Waals surface area contributed by atoms with Crippen LogP contribution in [0.3, 0.4) is 0 Å². The molecule has 0 heterocycles. The van der Waals surface area contributed by atoms with Gasteiger partial charge in [-0.15, -0.1) is 23.6 Å². The van der Waals surface area contributed by atoms with Crippen LogP contribution in [-0.4, -0.2) is 10.2 Å². The molecule has 0 amide bonds. The molecule has 3 heteroatoms. The molecule has 0 saturated heterocycles. The Morgan fingerprint density at radius 2 is 1.06 bits per heavy atom. The second-order valence-corrected chi connectivity index (χ2v) is 9.49. The number of hydrogen-bond acceptors (Lipinski definition) is 3. The summed E-state index contributed by atoms with van der Waals surface area (Å²) in [5, 5.41) is 20.6. The fourth-order valence-electron chi connectivity index (χ4n) is 3.53. The third kappa shape index (κ3) is 9.89. The standard InChI is InChI=1S/C30H38O2S/c1-3-5-7-9-11-13-23-29(25-19-15-17-21-27(25)31)33-30(24-14-12-10-8-6-4-2)26-20-16-18-22-28(26)32/h15-22,29-32H,3-12H2,1-2H3. The number of benzene rings is 2. The van der Waals surface area contributed by atoms with Gasteiger partial charge in [0, 0.05) is 24.0 Å². The highest BCUT2D eigenvalue weighted by Gasteiger charge is 2.21. The molecule has 0 aliphatic carbocycles. The Hall–Kier alpha value is -2.49. The number of unbranched alkanes of at least 4 members (excludes halogenated alkanes) is 8. The zero-order valence-corrected chi connectivity index (χ0v) is 21.0. The predicted octanol–water partition coefficient (Wildman–Crippen LogP) is 8.56. The molecule has 2 aromatic rings. The maximum atomic E-state index is 10.5. The zero-order valence-electron chi connectivity index (χ0n) is 20.1. The molecule has 2 N–H and O–H groups in total. The number of aromatic hydroxyl groups is 2. The molecular formula is C30H38O2S. The second-order valence-electron chi connectivity index (χ2n) is 8.28. The van der Waals surface area contributed by atoms with Crippen molar-refractivity contribution in [2.75, 3.05) is 0 Å². The van der Waals surface area contributed by atoms with Crippen molar-refractivity contribution in [2.45, 2.75) is 88.6 Å². The lowest BCUT2D eigenvalue weighted by Crippen LogP contribution is -1.99. The first kappa shape index (κ1) is 26.8. The van der Waals surface area contributed by atoms with Crippen LogP contribution < -0.4 is 0 Å². The third-order valence-corrected chi connectivity index (χ3v) is 6.78. The molecule has 0 aliphatic heterocycles. The van der Waals surface area contributed by atoms with Crippen molar-refractivity contribution in [1.29, 1.82) is 0 Å². The lowest BCUT2D eigenvalue weighted by molar-refractivity contribution is 0.469. The molecule has 0 aliphatic rings. The predicted molar refractivity (Wildman–Crippen MR) is 142 cm³/mol. The van der Waals surface area contributed by atoms with Gasteiger partial charge in [0.2, 0.25) is 0 Å². The summed E-state index contributed by atoms with van der Waals surface area (Å²) in [6.07, 6.45) is 11.2. The van der Waals surface area contributed by atoms with Crippen LogP contribution in [0.25, 0.3) is 0 Å². The van der Waals surface area contributed by atoms with E-state index in [2.05, 4.69) is 37.5 Å². The van der Waals surface area contributed by atoms with Gasteiger partial charge in [-0.2, -0.15) is 0 Å². The molecule has 2 rings (SSSR count). The summed E-state index contributed by atoms with van der Waals surface area (Å²) >= 11 is 1.59. The number of rotatable bonds is 12. The highest BCUT2D eigenvalue weighted by Crippen LogP contribution is 2.44. The minimum absolute atomic E-state index is 0.226. The number of phenolic OH excluding ortho intramolecular Hbond substituents is 2. The summed E-state index contributed by atoms with van der Waals surface area (Å²) < 4.78 is 0. The number of phenols is 2. The molecule has 176 valence electrons. The van der Waals surface area contributed by atoms with Gasteiger partial charge in [0.25, 0.3) is 0 Å². The molecule has 0 aromatic heterocycles. The Kier molecular flexibility index (Phi) is 13.1. The van der Waals surface area contributed by atoms with Gasteiger partial charge < -0.3 is 10.2 Å². The average molecular weight is 463 g/mol. The van der Waals surface area contributed by atoms with E-state index in [1.807, 2.05) is 36.4 Å². The van der Waals surface area contributed by atoms with Crippen LogP contribution in [-0.2, 0) is 0 Å². The third-order valence-electron chi connectivity index (χ3n) is 5.49. The van der Waals surface area contributed by atoms with E-state index in [9.17, 15) is 10.2 Å². The normalized spacial score (nSPS) is 12.2. The van der Waals surface area contributed by atoms with E-state index >= 15 is 0 Å². The maximum absolute atomic E-state index is 10.5. The summed E-state index contributed by atoms with van der Waals surface area (Å²) in [5.41, 5.74) is 1.60. The molecule has 0 radical (unpaired) electrons. The van der Waals surface area contributed by atoms with E-state index in [1.165, 1.54) is 38.5 Å². The van der Waals surface area contributed by atoms with Crippen LogP contribution in [0.5, 0.6) is 11.5 Å². The van der Waals surface area contributed by atoms with Crippen LogP contribution in [0.4, 0.5) is 0 Å². The first-order valence-electron chi connectivity index (χ1n) is 12.3. The summed E-state index contributed by atoms with van der Waals surface area (Å²) in [6, 6.07) is 14.8. The Labute approximate surface area is 205 Å². The minimum Gasteiger partial charge on any atom is -0.508 e. The van der Waals surface area contributed by atoms with Crippen molar-refractivity contribution in [1.82, 2.24) is 0 Å². The van der Waals surface area contributed by atoms with Crippen LogP contribution >= 0.6 is 11.8 Å². The summed E-state index contributed by atoms with van der Waals surface area (Å²) in [4.78, 5) is 0.